The van der Waals surface area contributed by atoms with Crippen LogP contribution in [0.4, 0.5) is 4.79 Å². The van der Waals surface area contributed by atoms with Gasteiger partial charge in [0.25, 0.3) is 0 Å². The Kier molecular flexibility index (Phi) is 17.6. The average molecular weight is 317 g/mol. The van der Waals surface area contributed by atoms with Crippen LogP contribution in [0, 0.1) is 0 Å². The summed E-state index contributed by atoms with van der Waals surface area (Å²) in [5.41, 5.74) is 4.82. The summed E-state index contributed by atoms with van der Waals surface area (Å²) in [5.74, 6) is 0. The van der Waals surface area contributed by atoms with Crippen molar-refractivity contribution < 1.29 is 19.0 Å². The average Bonchev–Trinajstić information content (AvgIpc) is 2.50. The van der Waals surface area contributed by atoms with Gasteiger partial charge < -0.3 is 19.9 Å². The summed E-state index contributed by atoms with van der Waals surface area (Å²) in [6, 6.07) is 0. The van der Waals surface area contributed by atoms with Gasteiger partial charge in [0.2, 0.25) is 0 Å². The molecular formula is C17H35NO4. The van der Waals surface area contributed by atoms with E-state index in [0.29, 0.717) is 19.8 Å². The molecule has 0 radical (unpaired) electrons. The molecule has 5 nitrogen and oxygen atoms in total. The second-order valence-electron chi connectivity index (χ2n) is 5.57. The molecule has 22 heavy (non-hydrogen) atoms. The van der Waals surface area contributed by atoms with Crippen LogP contribution in [0.5, 0.6) is 0 Å². The molecule has 0 bridgehead atoms. The minimum Gasteiger partial charge on any atom is -0.447 e. The number of hydrogen-bond acceptors (Lipinski definition) is 4. The standard InChI is InChI=1S/C17H35NO4/c1-2-3-4-5-6-7-8-9-10-11-12-20-13-14-21-15-16-22-17(18)19/h2-16H2,1H3,(H2,18,19). The summed E-state index contributed by atoms with van der Waals surface area (Å²) < 4.78 is 15.2. The maximum absolute atomic E-state index is 10.3. The predicted octanol–water partition coefficient (Wildman–Crippen LogP) is 4.04. The second kappa shape index (κ2) is 18.2. The maximum Gasteiger partial charge on any atom is 0.404 e. The second-order valence-corrected chi connectivity index (χ2v) is 5.57. The zero-order chi connectivity index (χ0) is 16.3. The molecule has 2 N–H and O–H groups in total. The highest BCUT2D eigenvalue weighted by Gasteiger charge is 1.95. The number of hydrogen-bond donors (Lipinski definition) is 1. The van der Waals surface area contributed by atoms with E-state index in [1.54, 1.807) is 0 Å². The van der Waals surface area contributed by atoms with E-state index in [1.165, 1.54) is 57.8 Å². The molecule has 5 heteroatoms. The van der Waals surface area contributed by atoms with Crippen LogP contribution in [-0.4, -0.2) is 39.1 Å². The monoisotopic (exact) mass is 317 g/mol. The van der Waals surface area contributed by atoms with Crippen LogP contribution in [0.25, 0.3) is 0 Å². The molecule has 0 atom stereocenters. The molecule has 0 rings (SSSR count). The van der Waals surface area contributed by atoms with Crippen molar-refractivity contribution >= 4 is 6.09 Å². The first-order chi connectivity index (χ1) is 10.8. The third-order valence-corrected chi connectivity index (χ3v) is 3.49. The van der Waals surface area contributed by atoms with Crippen molar-refractivity contribution in [3.05, 3.63) is 0 Å². The first-order valence-corrected chi connectivity index (χ1v) is 8.85. The lowest BCUT2D eigenvalue weighted by molar-refractivity contribution is 0.0283. The van der Waals surface area contributed by atoms with Crippen molar-refractivity contribution in [2.45, 2.75) is 71.1 Å². The van der Waals surface area contributed by atoms with Gasteiger partial charge in [0, 0.05) is 6.61 Å². The van der Waals surface area contributed by atoms with Crippen LogP contribution < -0.4 is 5.73 Å². The molecular weight excluding hydrogens is 282 g/mol. The number of ether oxygens (including phenoxy) is 3. The van der Waals surface area contributed by atoms with Crippen molar-refractivity contribution in [3.63, 3.8) is 0 Å². The normalized spacial score (nSPS) is 10.8. The van der Waals surface area contributed by atoms with Crippen LogP contribution in [0.1, 0.15) is 71.1 Å². The molecule has 0 aromatic carbocycles. The van der Waals surface area contributed by atoms with Gasteiger partial charge in [-0.25, -0.2) is 4.79 Å². The predicted molar refractivity (Wildman–Crippen MR) is 89.0 cm³/mol. The first-order valence-electron chi connectivity index (χ1n) is 8.85. The van der Waals surface area contributed by atoms with Crippen molar-refractivity contribution in [1.82, 2.24) is 0 Å². The molecule has 0 aromatic rings. The van der Waals surface area contributed by atoms with Gasteiger partial charge in [0.1, 0.15) is 6.61 Å². The molecule has 0 aliphatic rings. The van der Waals surface area contributed by atoms with E-state index in [9.17, 15) is 4.79 Å². The van der Waals surface area contributed by atoms with Crippen molar-refractivity contribution in [1.29, 1.82) is 0 Å². The molecule has 0 fully saturated rings. The van der Waals surface area contributed by atoms with Gasteiger partial charge in [-0.05, 0) is 6.42 Å². The van der Waals surface area contributed by atoms with E-state index >= 15 is 0 Å². The fourth-order valence-corrected chi connectivity index (χ4v) is 2.21. The molecule has 0 aliphatic carbocycles. The summed E-state index contributed by atoms with van der Waals surface area (Å²) in [7, 11) is 0. The minimum atomic E-state index is -0.763. The molecule has 0 spiro atoms. The van der Waals surface area contributed by atoms with E-state index in [2.05, 4.69) is 11.7 Å². The van der Waals surface area contributed by atoms with Gasteiger partial charge in [0.15, 0.2) is 0 Å². The van der Waals surface area contributed by atoms with Crippen LogP contribution in [0.3, 0.4) is 0 Å². The molecule has 0 heterocycles. The smallest absolute Gasteiger partial charge is 0.404 e. The third-order valence-electron chi connectivity index (χ3n) is 3.49. The zero-order valence-corrected chi connectivity index (χ0v) is 14.3. The lowest BCUT2D eigenvalue weighted by atomic mass is 10.1. The summed E-state index contributed by atoms with van der Waals surface area (Å²) in [5, 5.41) is 0. The van der Waals surface area contributed by atoms with Crippen LogP contribution in [0.15, 0.2) is 0 Å². The molecule has 0 aromatic heterocycles. The Morgan fingerprint density at radius 3 is 1.68 bits per heavy atom. The Labute approximate surface area is 135 Å². The Morgan fingerprint density at radius 2 is 1.14 bits per heavy atom. The fraction of sp³-hybridized carbons (Fsp3) is 0.941. The summed E-state index contributed by atoms with van der Waals surface area (Å²) >= 11 is 0. The lowest BCUT2D eigenvalue weighted by Gasteiger charge is -2.06. The van der Waals surface area contributed by atoms with Crippen LogP contribution in [0.2, 0.25) is 0 Å². The Balaban J connectivity index is 2.95. The largest absolute Gasteiger partial charge is 0.447 e. The first kappa shape index (κ1) is 21.2. The number of carbonyl (C=O) groups is 1. The van der Waals surface area contributed by atoms with E-state index in [4.69, 9.17) is 15.2 Å². The number of rotatable bonds is 17. The maximum atomic E-state index is 10.3. The number of primary amides is 1. The van der Waals surface area contributed by atoms with E-state index in [0.717, 1.165) is 13.0 Å². The quantitative estimate of drug-likeness (QED) is 0.411. The van der Waals surface area contributed by atoms with E-state index < -0.39 is 6.09 Å². The Hall–Kier alpha value is -0.810. The highest BCUT2D eigenvalue weighted by Crippen LogP contribution is 2.10. The van der Waals surface area contributed by atoms with Crippen molar-refractivity contribution in [2.75, 3.05) is 33.0 Å². The van der Waals surface area contributed by atoms with E-state index in [-0.39, 0.29) is 6.61 Å². The highest BCUT2D eigenvalue weighted by atomic mass is 16.6. The molecule has 0 saturated carbocycles. The van der Waals surface area contributed by atoms with Gasteiger partial charge in [-0.3, -0.25) is 0 Å². The summed E-state index contributed by atoms with van der Waals surface area (Å²) in [6.07, 6.45) is 12.6. The van der Waals surface area contributed by atoms with Gasteiger partial charge in [-0.2, -0.15) is 0 Å². The zero-order valence-electron chi connectivity index (χ0n) is 14.3. The Morgan fingerprint density at radius 1 is 0.682 bits per heavy atom. The molecule has 0 saturated heterocycles. The van der Waals surface area contributed by atoms with Gasteiger partial charge >= 0.3 is 6.09 Å². The number of unbranched alkanes of at least 4 members (excludes halogenated alkanes) is 9. The SMILES string of the molecule is CCCCCCCCCCCCOCCOCCOC(N)=O. The summed E-state index contributed by atoms with van der Waals surface area (Å²) in [6.45, 7) is 4.75. The van der Waals surface area contributed by atoms with Crippen molar-refractivity contribution in [2.24, 2.45) is 5.73 Å². The molecule has 132 valence electrons. The lowest BCUT2D eigenvalue weighted by Crippen LogP contribution is -2.17. The third kappa shape index (κ3) is 19.2. The minimum absolute atomic E-state index is 0.202. The fourth-order valence-electron chi connectivity index (χ4n) is 2.21. The molecule has 0 unspecified atom stereocenters. The number of amides is 1. The van der Waals surface area contributed by atoms with Gasteiger partial charge in [-0.1, -0.05) is 64.7 Å². The van der Waals surface area contributed by atoms with Gasteiger partial charge in [0.05, 0.1) is 19.8 Å². The molecule has 1 amide bonds. The van der Waals surface area contributed by atoms with Crippen LogP contribution in [-0.2, 0) is 14.2 Å². The van der Waals surface area contributed by atoms with E-state index in [1.807, 2.05) is 0 Å². The van der Waals surface area contributed by atoms with Crippen molar-refractivity contribution in [3.8, 4) is 0 Å². The van der Waals surface area contributed by atoms with Gasteiger partial charge in [-0.15, -0.1) is 0 Å². The molecule has 0 aliphatic heterocycles. The number of carbonyl (C=O) groups excluding carboxylic acids is 1. The van der Waals surface area contributed by atoms with Crippen LogP contribution >= 0.6 is 0 Å². The number of nitrogens with two attached hydrogens (primary N) is 1. The summed E-state index contributed by atoms with van der Waals surface area (Å²) in [4.78, 5) is 10.3. The topological polar surface area (TPSA) is 70.8 Å². The highest BCUT2D eigenvalue weighted by molar-refractivity contribution is 5.64. The Bertz CT molecular complexity index is 237.